The summed E-state index contributed by atoms with van der Waals surface area (Å²) >= 11 is 2.91. The van der Waals surface area contributed by atoms with Crippen molar-refractivity contribution < 1.29 is 9.90 Å². The summed E-state index contributed by atoms with van der Waals surface area (Å²) in [6.07, 6.45) is 4.56. The van der Waals surface area contributed by atoms with Crippen LogP contribution < -0.4 is 0 Å². The minimum Gasteiger partial charge on any atom is -0.481 e. The van der Waals surface area contributed by atoms with Gasteiger partial charge in [-0.1, -0.05) is 18.7 Å². The molecule has 1 N–H and O–H groups in total. The van der Waals surface area contributed by atoms with Crippen LogP contribution in [0.15, 0.2) is 17.6 Å². The van der Waals surface area contributed by atoms with Gasteiger partial charge in [-0.25, -0.2) is 9.97 Å². The molecule has 102 valence electrons. The Morgan fingerprint density at radius 3 is 2.84 bits per heavy atom. The molecule has 0 unspecified atom stereocenters. The maximum absolute atomic E-state index is 10.7. The van der Waals surface area contributed by atoms with E-state index >= 15 is 0 Å². The van der Waals surface area contributed by atoms with Crippen LogP contribution in [-0.2, 0) is 17.8 Å². The van der Waals surface area contributed by atoms with E-state index in [1.54, 1.807) is 11.3 Å². The molecule has 19 heavy (non-hydrogen) atoms. The van der Waals surface area contributed by atoms with Crippen LogP contribution in [0.25, 0.3) is 0 Å². The predicted octanol–water partition coefficient (Wildman–Crippen LogP) is 2.44. The Morgan fingerprint density at radius 2 is 2.26 bits per heavy atom. The Morgan fingerprint density at radius 1 is 1.47 bits per heavy atom. The first-order valence-electron chi connectivity index (χ1n) is 5.90. The van der Waals surface area contributed by atoms with Crippen LogP contribution in [0.1, 0.15) is 22.5 Å². The summed E-state index contributed by atoms with van der Waals surface area (Å²) in [5, 5.41) is 10.5. The molecule has 0 saturated carbocycles. The Kier molecular flexibility index (Phi) is 4.60. The van der Waals surface area contributed by atoms with Crippen LogP contribution in [0.4, 0.5) is 0 Å². The highest BCUT2D eigenvalue weighted by molar-refractivity contribution is 7.99. The molecule has 2 rings (SSSR count). The number of rotatable bonds is 6. The number of aryl methyl sites for hydroxylation is 2. The lowest BCUT2D eigenvalue weighted by Crippen LogP contribution is -2.06. The fourth-order valence-electron chi connectivity index (χ4n) is 1.72. The van der Waals surface area contributed by atoms with Gasteiger partial charge in [-0.15, -0.1) is 11.3 Å². The summed E-state index contributed by atoms with van der Waals surface area (Å²) in [6.45, 7) is 4.75. The molecule has 0 spiro atoms. The van der Waals surface area contributed by atoms with Gasteiger partial charge in [-0.2, -0.15) is 0 Å². The summed E-state index contributed by atoms with van der Waals surface area (Å²) in [5.41, 5.74) is 1.11. The molecule has 0 fully saturated rings. The molecule has 0 saturated heterocycles. The average molecular weight is 297 g/mol. The largest absolute Gasteiger partial charge is 0.481 e. The van der Waals surface area contributed by atoms with Crippen LogP contribution in [0.2, 0.25) is 0 Å². The third kappa shape index (κ3) is 3.57. The van der Waals surface area contributed by atoms with Gasteiger partial charge in [0.25, 0.3) is 0 Å². The molecule has 5 nitrogen and oxygen atoms in total. The summed E-state index contributed by atoms with van der Waals surface area (Å²) < 4.78 is 2.07. The number of carbonyl (C=O) groups is 1. The zero-order valence-electron chi connectivity index (χ0n) is 10.8. The minimum atomic E-state index is -0.828. The third-order valence-electron chi connectivity index (χ3n) is 2.57. The minimum absolute atomic E-state index is 0.0296. The number of imidazole rings is 1. The first kappa shape index (κ1) is 14.1. The number of hydrogen-bond acceptors (Lipinski definition) is 5. The molecule has 0 bridgehead atoms. The van der Waals surface area contributed by atoms with E-state index in [9.17, 15) is 4.79 Å². The molecule has 0 aliphatic heterocycles. The van der Waals surface area contributed by atoms with Crippen LogP contribution >= 0.6 is 23.1 Å². The molecule has 0 atom stereocenters. The zero-order valence-corrected chi connectivity index (χ0v) is 12.4. The van der Waals surface area contributed by atoms with Crippen molar-refractivity contribution >= 4 is 29.1 Å². The van der Waals surface area contributed by atoms with E-state index in [4.69, 9.17) is 5.11 Å². The van der Waals surface area contributed by atoms with Gasteiger partial charge in [-0.3, -0.25) is 4.79 Å². The van der Waals surface area contributed by atoms with Crippen LogP contribution in [-0.4, -0.2) is 31.4 Å². The molecule has 0 radical (unpaired) electrons. The van der Waals surface area contributed by atoms with Crippen molar-refractivity contribution in [3.63, 3.8) is 0 Å². The Labute approximate surface area is 119 Å². The number of thiazole rings is 1. The van der Waals surface area contributed by atoms with Gasteiger partial charge < -0.3 is 9.67 Å². The van der Waals surface area contributed by atoms with Crippen LogP contribution in [0.5, 0.6) is 0 Å². The second-order valence-electron chi connectivity index (χ2n) is 4.00. The number of thioether (sulfide) groups is 1. The van der Waals surface area contributed by atoms with Crippen molar-refractivity contribution in [1.29, 1.82) is 0 Å². The van der Waals surface area contributed by atoms with Gasteiger partial charge in [-0.05, 0) is 13.3 Å². The van der Waals surface area contributed by atoms with Gasteiger partial charge in [0, 0.05) is 23.0 Å². The number of carboxylic acid groups (broad SMARTS) is 1. The molecule has 0 amide bonds. The smallest absolute Gasteiger partial charge is 0.313 e. The number of aromatic nitrogens is 3. The zero-order chi connectivity index (χ0) is 13.8. The third-order valence-corrected chi connectivity index (χ3v) is 4.44. The van der Waals surface area contributed by atoms with Crippen molar-refractivity contribution in [2.75, 3.05) is 5.75 Å². The normalized spacial score (nSPS) is 10.8. The highest BCUT2D eigenvalue weighted by Crippen LogP contribution is 2.22. The molecule has 7 heteroatoms. The number of carboxylic acids is 1. The Bertz CT molecular complexity index is 577. The molecule has 2 heterocycles. The lowest BCUT2D eigenvalue weighted by atomic mass is 10.3. The van der Waals surface area contributed by atoms with Gasteiger partial charge >= 0.3 is 5.97 Å². The van der Waals surface area contributed by atoms with Gasteiger partial charge in [0.05, 0.1) is 17.3 Å². The fourth-order valence-corrected chi connectivity index (χ4v) is 3.22. The molecule has 0 aliphatic carbocycles. The quantitative estimate of drug-likeness (QED) is 0.829. The van der Waals surface area contributed by atoms with Gasteiger partial charge in [0.2, 0.25) is 0 Å². The monoisotopic (exact) mass is 297 g/mol. The molecule has 2 aromatic heterocycles. The predicted molar refractivity (Wildman–Crippen MR) is 75.9 cm³/mol. The van der Waals surface area contributed by atoms with E-state index in [0.717, 1.165) is 27.2 Å². The number of hydrogen-bond donors (Lipinski definition) is 1. The van der Waals surface area contributed by atoms with Gasteiger partial charge in [0.15, 0.2) is 5.16 Å². The topological polar surface area (TPSA) is 68.0 Å². The van der Waals surface area contributed by atoms with Gasteiger partial charge in [0.1, 0.15) is 0 Å². The van der Waals surface area contributed by atoms with Crippen LogP contribution in [0, 0.1) is 6.92 Å². The standard InChI is InChI=1S/C12H15N3O2S2/c1-3-9-4-14-12(18-7-11(16)17)15(9)6-10-5-13-8(2)19-10/h4-5H,3,6-7H2,1-2H3,(H,16,17). The first-order chi connectivity index (χ1) is 9.10. The van der Waals surface area contributed by atoms with Crippen molar-refractivity contribution in [1.82, 2.24) is 14.5 Å². The van der Waals surface area contributed by atoms with E-state index in [0.29, 0.717) is 6.54 Å². The van der Waals surface area contributed by atoms with Crippen molar-refractivity contribution in [2.24, 2.45) is 0 Å². The summed E-state index contributed by atoms with van der Waals surface area (Å²) in [7, 11) is 0. The summed E-state index contributed by atoms with van der Waals surface area (Å²) in [5.74, 6) is -0.798. The van der Waals surface area contributed by atoms with E-state index < -0.39 is 5.97 Å². The lowest BCUT2D eigenvalue weighted by Gasteiger charge is -2.08. The second-order valence-corrected chi connectivity index (χ2v) is 6.26. The average Bonchev–Trinajstić information content (AvgIpc) is 2.94. The number of aliphatic carboxylic acids is 1. The first-order valence-corrected chi connectivity index (χ1v) is 7.70. The van der Waals surface area contributed by atoms with E-state index in [1.807, 2.05) is 19.3 Å². The SMILES string of the molecule is CCc1cnc(SCC(=O)O)n1Cc1cnc(C)s1. The molecule has 0 aromatic carbocycles. The molecular weight excluding hydrogens is 282 g/mol. The summed E-state index contributed by atoms with van der Waals surface area (Å²) in [4.78, 5) is 20.4. The summed E-state index contributed by atoms with van der Waals surface area (Å²) in [6, 6.07) is 0. The lowest BCUT2D eigenvalue weighted by molar-refractivity contribution is -0.133. The highest BCUT2D eigenvalue weighted by atomic mass is 32.2. The van der Waals surface area contributed by atoms with E-state index in [1.165, 1.54) is 11.8 Å². The molecule has 2 aromatic rings. The van der Waals surface area contributed by atoms with E-state index in [2.05, 4.69) is 21.5 Å². The fraction of sp³-hybridized carbons (Fsp3) is 0.417. The number of nitrogens with zero attached hydrogens (tertiary/aromatic N) is 3. The molecular formula is C12H15N3O2S2. The Hall–Kier alpha value is -1.34. The van der Waals surface area contributed by atoms with Crippen molar-refractivity contribution in [2.45, 2.75) is 32.0 Å². The van der Waals surface area contributed by atoms with Crippen LogP contribution in [0.3, 0.4) is 0 Å². The van der Waals surface area contributed by atoms with E-state index in [-0.39, 0.29) is 5.75 Å². The second kappa shape index (κ2) is 6.21. The maximum Gasteiger partial charge on any atom is 0.313 e. The maximum atomic E-state index is 10.7. The molecule has 0 aliphatic rings. The van der Waals surface area contributed by atoms with Crippen molar-refractivity contribution in [3.05, 3.63) is 28.0 Å². The van der Waals surface area contributed by atoms with Crippen molar-refractivity contribution in [3.8, 4) is 0 Å². The Balaban J connectivity index is 2.20. The highest BCUT2D eigenvalue weighted by Gasteiger charge is 2.12.